The molecule has 150 valence electrons. The fourth-order valence-corrected chi connectivity index (χ4v) is 20.7. The minimum absolute atomic E-state index is 1.36. The Balaban J connectivity index is 0.000000896. The molecule has 0 aromatic carbocycles. The molecule has 1 saturated heterocycles. The maximum absolute atomic E-state index is 6.29. The molecule has 4 nitrogen and oxygen atoms in total. The van der Waals surface area contributed by atoms with E-state index in [2.05, 4.69) is 40.2 Å². The first-order valence-corrected chi connectivity index (χ1v) is 18.9. The van der Waals surface area contributed by atoms with Crippen molar-refractivity contribution in [3.63, 3.8) is 0 Å². The van der Waals surface area contributed by atoms with E-state index in [-0.39, 0.29) is 0 Å². The molecule has 0 aromatic rings. The van der Waals surface area contributed by atoms with Gasteiger partial charge in [0.25, 0.3) is 0 Å². The Morgan fingerprint density at radius 3 is 1.12 bits per heavy atom. The molecular weight excluding hydrogens is 393 g/mol. The minimum Gasteiger partial charge on any atom is -0.416 e. The molecule has 0 aromatic heterocycles. The van der Waals surface area contributed by atoms with Crippen LogP contribution in [0.3, 0.4) is 0 Å². The highest BCUT2D eigenvalue weighted by Gasteiger charge is 2.54. The van der Waals surface area contributed by atoms with Gasteiger partial charge in [0, 0.05) is 0 Å². The number of hydrogen-bond acceptors (Lipinski definition) is 4. The van der Waals surface area contributed by atoms with E-state index >= 15 is 0 Å². The monoisotopic (exact) mass is 430 g/mol. The third kappa shape index (κ3) is 8.13. The summed E-state index contributed by atoms with van der Waals surface area (Å²) in [5, 5.41) is 0. The molecule has 0 unspecified atom stereocenters. The first kappa shape index (κ1) is 25.7. The van der Waals surface area contributed by atoms with Gasteiger partial charge in [-0.15, -0.1) is 26.3 Å². The Bertz CT molecular complexity index is 434. The fraction of sp³-hybridized carbons (Fsp3) is 0.556. The standard InChI is InChI=1S/C12H24O4Si4.C6H14/c1-9-19(10-2)14-17(5,6)13-18(7,8)15-20(11-3,12-4)16-19;1-3-5-6-4-2/h9-12H,1-4H2,5-8H3;3-6H2,1-2H3. The third-order valence-corrected chi connectivity index (χ3v) is 19.0. The molecule has 1 fully saturated rings. The van der Waals surface area contributed by atoms with Crippen LogP contribution in [0, 0.1) is 0 Å². The van der Waals surface area contributed by atoms with Crippen molar-refractivity contribution in [3.05, 3.63) is 49.1 Å². The summed E-state index contributed by atoms with van der Waals surface area (Å²) in [6.45, 7) is 27.8. The molecule has 0 bridgehead atoms. The molecule has 0 spiro atoms. The zero-order chi connectivity index (χ0) is 20.5. The minimum atomic E-state index is -2.81. The summed E-state index contributed by atoms with van der Waals surface area (Å²) in [5.74, 6) is 0. The van der Waals surface area contributed by atoms with Crippen LogP contribution in [0.4, 0.5) is 0 Å². The van der Waals surface area contributed by atoms with Crippen LogP contribution in [0.2, 0.25) is 26.2 Å². The average Bonchev–Trinajstić information content (AvgIpc) is 2.56. The van der Waals surface area contributed by atoms with Gasteiger partial charge in [-0.2, -0.15) is 0 Å². The van der Waals surface area contributed by atoms with Crippen LogP contribution in [0.1, 0.15) is 39.5 Å². The second-order valence-electron chi connectivity index (χ2n) is 7.17. The molecule has 26 heavy (non-hydrogen) atoms. The summed E-state index contributed by atoms with van der Waals surface area (Å²) in [7, 11) is -10.4. The van der Waals surface area contributed by atoms with E-state index in [0.29, 0.717) is 0 Å². The zero-order valence-electron chi connectivity index (χ0n) is 17.6. The van der Waals surface area contributed by atoms with Crippen LogP contribution < -0.4 is 0 Å². The highest BCUT2D eigenvalue weighted by atomic mass is 28.5. The quantitative estimate of drug-likeness (QED) is 0.375. The van der Waals surface area contributed by atoms with E-state index in [9.17, 15) is 0 Å². The third-order valence-electron chi connectivity index (χ3n) is 3.72. The first-order valence-electron chi connectivity index (χ1n) is 9.33. The van der Waals surface area contributed by atoms with Gasteiger partial charge in [-0.05, 0) is 49.0 Å². The van der Waals surface area contributed by atoms with Crippen LogP contribution in [0.5, 0.6) is 0 Å². The second kappa shape index (κ2) is 10.9. The van der Waals surface area contributed by atoms with Gasteiger partial charge >= 0.3 is 34.2 Å². The van der Waals surface area contributed by atoms with Gasteiger partial charge in [0.2, 0.25) is 0 Å². The van der Waals surface area contributed by atoms with Gasteiger partial charge in [-0.3, -0.25) is 0 Å². The van der Waals surface area contributed by atoms with E-state index in [0.717, 1.165) is 0 Å². The van der Waals surface area contributed by atoms with Crippen molar-refractivity contribution in [2.45, 2.75) is 65.7 Å². The van der Waals surface area contributed by atoms with Gasteiger partial charge < -0.3 is 16.5 Å². The van der Waals surface area contributed by atoms with Crippen molar-refractivity contribution in [1.29, 1.82) is 0 Å². The summed E-state index contributed by atoms with van der Waals surface area (Å²) in [6.07, 6.45) is 5.54. The predicted molar refractivity (Wildman–Crippen MR) is 121 cm³/mol. The van der Waals surface area contributed by atoms with Gasteiger partial charge in [-0.25, -0.2) is 0 Å². The van der Waals surface area contributed by atoms with Crippen molar-refractivity contribution < 1.29 is 16.5 Å². The van der Waals surface area contributed by atoms with Crippen LogP contribution in [0.25, 0.3) is 0 Å². The molecule has 0 radical (unpaired) electrons. The van der Waals surface area contributed by atoms with Crippen molar-refractivity contribution >= 4 is 34.2 Å². The molecule has 1 heterocycles. The molecule has 0 amide bonds. The number of rotatable bonds is 7. The van der Waals surface area contributed by atoms with Gasteiger partial charge in [-0.1, -0.05) is 39.5 Å². The Labute approximate surface area is 165 Å². The van der Waals surface area contributed by atoms with Crippen molar-refractivity contribution in [2.75, 3.05) is 0 Å². The average molecular weight is 431 g/mol. The maximum atomic E-state index is 6.29. The molecule has 1 rings (SSSR count). The molecule has 0 saturated carbocycles. The molecular formula is C18H38O4Si4. The SMILES string of the molecule is C=C[Si]1(C=C)O[Si](C)(C)O[Si](C)(C)O[Si](C=C)(C=C)O1.CCCCCC. The zero-order valence-corrected chi connectivity index (χ0v) is 21.6. The highest BCUT2D eigenvalue weighted by molar-refractivity contribution is 6.99. The lowest BCUT2D eigenvalue weighted by Crippen LogP contribution is -2.65. The Morgan fingerprint density at radius 1 is 0.577 bits per heavy atom. The molecule has 0 N–H and O–H groups in total. The van der Waals surface area contributed by atoms with Crippen molar-refractivity contribution in [1.82, 2.24) is 0 Å². The van der Waals surface area contributed by atoms with Gasteiger partial charge in [0.05, 0.1) is 0 Å². The van der Waals surface area contributed by atoms with E-state index < -0.39 is 34.2 Å². The normalized spacial score (nSPS) is 22.5. The summed E-state index contributed by atoms with van der Waals surface area (Å²) < 4.78 is 25.0. The molecule has 0 atom stereocenters. The number of hydrogen-bond donors (Lipinski definition) is 0. The maximum Gasteiger partial charge on any atom is 0.373 e. The largest absolute Gasteiger partial charge is 0.416 e. The van der Waals surface area contributed by atoms with Crippen LogP contribution >= 0.6 is 0 Å². The van der Waals surface area contributed by atoms with E-state index in [1.165, 1.54) is 25.7 Å². The van der Waals surface area contributed by atoms with Gasteiger partial charge in [0.1, 0.15) is 0 Å². The topological polar surface area (TPSA) is 36.9 Å². The fourth-order valence-electron chi connectivity index (χ4n) is 2.69. The molecule has 1 aliphatic rings. The summed E-state index contributed by atoms with van der Waals surface area (Å²) in [6, 6.07) is 0. The highest BCUT2D eigenvalue weighted by Crippen LogP contribution is 2.32. The summed E-state index contributed by atoms with van der Waals surface area (Å²) >= 11 is 0. The Kier molecular flexibility index (Phi) is 10.7. The lowest BCUT2D eigenvalue weighted by molar-refractivity contribution is 0.250. The molecule has 8 heteroatoms. The first-order chi connectivity index (χ1) is 12.0. The summed E-state index contributed by atoms with van der Waals surface area (Å²) in [4.78, 5) is 0. The Hall–Kier alpha value is -0.332. The molecule has 0 aliphatic carbocycles. The molecule has 1 aliphatic heterocycles. The smallest absolute Gasteiger partial charge is 0.373 e. The van der Waals surface area contributed by atoms with Crippen LogP contribution in [0.15, 0.2) is 49.1 Å². The van der Waals surface area contributed by atoms with Crippen LogP contribution in [-0.2, 0) is 16.5 Å². The second-order valence-corrected chi connectivity index (χ2v) is 20.6. The lowest BCUT2D eigenvalue weighted by atomic mass is 10.2. The van der Waals surface area contributed by atoms with Crippen molar-refractivity contribution in [3.8, 4) is 0 Å². The summed E-state index contributed by atoms with van der Waals surface area (Å²) in [5.41, 5.74) is 6.82. The van der Waals surface area contributed by atoms with E-state index in [1.807, 2.05) is 26.2 Å². The predicted octanol–water partition coefficient (Wildman–Crippen LogP) is 5.84. The van der Waals surface area contributed by atoms with Crippen molar-refractivity contribution in [2.24, 2.45) is 0 Å². The lowest BCUT2D eigenvalue weighted by Gasteiger charge is -2.46. The van der Waals surface area contributed by atoms with E-state index in [1.54, 1.807) is 22.8 Å². The van der Waals surface area contributed by atoms with E-state index in [4.69, 9.17) is 16.5 Å². The Morgan fingerprint density at radius 2 is 0.885 bits per heavy atom. The number of unbranched alkanes of at least 4 members (excludes halogenated alkanes) is 3. The van der Waals surface area contributed by atoms with Crippen LogP contribution in [-0.4, -0.2) is 34.2 Å². The van der Waals surface area contributed by atoms with Gasteiger partial charge in [0.15, 0.2) is 0 Å².